The second kappa shape index (κ2) is 8.12. The van der Waals surface area contributed by atoms with Gasteiger partial charge < -0.3 is 15.8 Å². The number of nitro benzene ring substituents is 1. The minimum Gasteiger partial charge on any atom is -0.486 e. The maximum absolute atomic E-state index is 12.0. The van der Waals surface area contributed by atoms with Gasteiger partial charge in [0.1, 0.15) is 0 Å². The van der Waals surface area contributed by atoms with Crippen LogP contribution in [0.25, 0.3) is 0 Å². The van der Waals surface area contributed by atoms with Crippen molar-refractivity contribution in [1.82, 2.24) is 5.32 Å². The molecule has 0 aliphatic heterocycles. The zero-order valence-electron chi connectivity index (χ0n) is 13.5. The highest BCUT2D eigenvalue weighted by molar-refractivity contribution is 6.30. The van der Waals surface area contributed by atoms with E-state index in [1.54, 1.807) is 0 Å². The predicted octanol–water partition coefficient (Wildman–Crippen LogP) is 2.51. The Morgan fingerprint density at radius 3 is 2.70 bits per heavy atom. The summed E-state index contributed by atoms with van der Waals surface area (Å²) >= 11 is 5.73. The summed E-state index contributed by atoms with van der Waals surface area (Å²) in [7, 11) is 0. The molecule has 1 aromatic rings. The van der Waals surface area contributed by atoms with Crippen LogP contribution in [-0.2, 0) is 4.79 Å². The first-order chi connectivity index (χ1) is 10.7. The van der Waals surface area contributed by atoms with Gasteiger partial charge >= 0.3 is 5.69 Å². The molecule has 0 aromatic heterocycles. The lowest BCUT2D eigenvalue weighted by atomic mass is 9.88. The summed E-state index contributed by atoms with van der Waals surface area (Å²) < 4.78 is 5.34. The number of nitrogens with two attached hydrogens (primary N) is 1. The van der Waals surface area contributed by atoms with Crippen molar-refractivity contribution in [3.63, 3.8) is 0 Å². The molecule has 7 nitrogen and oxygen atoms in total. The Bertz CT molecular complexity index is 580. The van der Waals surface area contributed by atoms with Crippen LogP contribution >= 0.6 is 11.6 Å². The van der Waals surface area contributed by atoms with Crippen LogP contribution in [-0.4, -0.2) is 29.5 Å². The molecule has 1 atom stereocenters. The lowest BCUT2D eigenvalue weighted by molar-refractivity contribution is -0.385. The molecule has 0 aliphatic rings. The van der Waals surface area contributed by atoms with Crippen LogP contribution in [0.4, 0.5) is 5.69 Å². The van der Waals surface area contributed by atoms with Gasteiger partial charge in [0.15, 0.2) is 5.75 Å². The van der Waals surface area contributed by atoms with Crippen molar-refractivity contribution in [3.05, 3.63) is 33.3 Å². The Balaban J connectivity index is 2.61. The van der Waals surface area contributed by atoms with Crippen molar-refractivity contribution in [2.75, 3.05) is 13.2 Å². The van der Waals surface area contributed by atoms with E-state index < -0.39 is 10.5 Å². The zero-order valence-corrected chi connectivity index (χ0v) is 14.2. The standard InChI is InChI=1S/C15H22ClN3O4/c1-10(2)15(3,9-17)18-14(20)6-7-23-13-5-4-11(16)8-12(13)19(21)22/h4-5,8,10H,6-7,9,17H2,1-3H3,(H,18,20). The second-order valence-electron chi connectivity index (χ2n) is 5.79. The number of carbonyl (C=O) groups is 1. The van der Waals surface area contributed by atoms with Crippen LogP contribution in [0.1, 0.15) is 27.2 Å². The van der Waals surface area contributed by atoms with E-state index in [4.69, 9.17) is 22.1 Å². The quantitative estimate of drug-likeness (QED) is 0.557. The average molecular weight is 344 g/mol. The van der Waals surface area contributed by atoms with Gasteiger partial charge in [-0.25, -0.2) is 0 Å². The van der Waals surface area contributed by atoms with E-state index >= 15 is 0 Å². The van der Waals surface area contributed by atoms with Crippen LogP contribution < -0.4 is 15.8 Å². The minimum atomic E-state index is -0.578. The van der Waals surface area contributed by atoms with Gasteiger partial charge in [0.05, 0.1) is 23.5 Å². The van der Waals surface area contributed by atoms with Gasteiger partial charge in [0.2, 0.25) is 5.91 Å². The smallest absolute Gasteiger partial charge is 0.312 e. The summed E-state index contributed by atoms with van der Waals surface area (Å²) in [4.78, 5) is 22.4. The number of amides is 1. The number of nitro groups is 1. The second-order valence-corrected chi connectivity index (χ2v) is 6.23. The Morgan fingerprint density at radius 2 is 2.17 bits per heavy atom. The van der Waals surface area contributed by atoms with Crippen LogP contribution in [0.3, 0.4) is 0 Å². The molecule has 0 aliphatic carbocycles. The first kappa shape index (κ1) is 19.2. The first-order valence-electron chi connectivity index (χ1n) is 7.27. The fourth-order valence-electron chi connectivity index (χ4n) is 1.82. The third-order valence-corrected chi connectivity index (χ3v) is 4.06. The van der Waals surface area contributed by atoms with Crippen molar-refractivity contribution in [1.29, 1.82) is 0 Å². The highest BCUT2D eigenvalue weighted by atomic mass is 35.5. The molecule has 0 heterocycles. The molecule has 128 valence electrons. The zero-order chi connectivity index (χ0) is 17.6. The van der Waals surface area contributed by atoms with E-state index in [0.717, 1.165) is 0 Å². The number of hydrogen-bond acceptors (Lipinski definition) is 5. The topological polar surface area (TPSA) is 107 Å². The molecule has 0 radical (unpaired) electrons. The molecular weight excluding hydrogens is 322 g/mol. The number of rotatable bonds is 8. The van der Waals surface area contributed by atoms with Crippen LogP contribution in [0, 0.1) is 16.0 Å². The molecule has 1 amide bonds. The predicted molar refractivity (Wildman–Crippen MR) is 88.7 cm³/mol. The summed E-state index contributed by atoms with van der Waals surface area (Å²) in [6, 6.07) is 4.12. The molecule has 0 saturated heterocycles. The van der Waals surface area contributed by atoms with Gasteiger partial charge in [-0.05, 0) is 25.0 Å². The number of nitrogens with zero attached hydrogens (tertiary/aromatic N) is 1. The number of ether oxygens (including phenoxy) is 1. The molecule has 23 heavy (non-hydrogen) atoms. The van der Waals surface area contributed by atoms with E-state index in [1.807, 2.05) is 20.8 Å². The third kappa shape index (κ3) is 5.37. The number of halogens is 1. The monoisotopic (exact) mass is 343 g/mol. The van der Waals surface area contributed by atoms with Gasteiger partial charge in [-0.15, -0.1) is 0 Å². The number of nitrogens with one attached hydrogen (secondary N) is 1. The summed E-state index contributed by atoms with van der Waals surface area (Å²) in [5, 5.41) is 14.1. The van der Waals surface area contributed by atoms with E-state index in [2.05, 4.69) is 5.32 Å². The SMILES string of the molecule is CC(C)C(C)(CN)NC(=O)CCOc1ccc(Cl)cc1[N+](=O)[O-]. The molecule has 0 spiro atoms. The third-order valence-electron chi connectivity index (χ3n) is 3.83. The molecular formula is C15H22ClN3O4. The number of hydrogen-bond donors (Lipinski definition) is 2. The maximum Gasteiger partial charge on any atom is 0.312 e. The van der Waals surface area contributed by atoms with Crippen molar-refractivity contribution >= 4 is 23.2 Å². The first-order valence-corrected chi connectivity index (χ1v) is 7.65. The molecule has 0 fully saturated rings. The fourth-order valence-corrected chi connectivity index (χ4v) is 1.99. The number of carbonyl (C=O) groups excluding carboxylic acids is 1. The molecule has 1 unspecified atom stereocenters. The van der Waals surface area contributed by atoms with Crippen LogP contribution in [0.15, 0.2) is 18.2 Å². The Kier molecular flexibility index (Phi) is 6.78. The summed E-state index contributed by atoms with van der Waals surface area (Å²) in [6.45, 7) is 6.16. The molecule has 1 rings (SSSR count). The minimum absolute atomic E-state index is 0.0209. The van der Waals surface area contributed by atoms with Crippen LogP contribution in [0.5, 0.6) is 5.75 Å². The van der Waals surface area contributed by atoms with Gasteiger partial charge in [-0.1, -0.05) is 25.4 Å². The summed E-state index contributed by atoms with van der Waals surface area (Å²) in [6.07, 6.45) is 0.0715. The largest absolute Gasteiger partial charge is 0.486 e. The lowest BCUT2D eigenvalue weighted by Gasteiger charge is -2.33. The van der Waals surface area contributed by atoms with Crippen LogP contribution in [0.2, 0.25) is 5.02 Å². The normalized spacial score (nSPS) is 13.5. The fraction of sp³-hybridized carbons (Fsp3) is 0.533. The average Bonchev–Trinajstić information content (AvgIpc) is 2.48. The highest BCUT2D eigenvalue weighted by Gasteiger charge is 2.28. The van der Waals surface area contributed by atoms with E-state index in [-0.39, 0.29) is 41.3 Å². The van der Waals surface area contributed by atoms with Crippen molar-refractivity contribution in [2.24, 2.45) is 11.7 Å². The Labute approximate surface area is 140 Å². The van der Waals surface area contributed by atoms with Crippen molar-refractivity contribution in [2.45, 2.75) is 32.7 Å². The van der Waals surface area contributed by atoms with Crippen molar-refractivity contribution in [3.8, 4) is 5.75 Å². The van der Waals surface area contributed by atoms with Gasteiger partial charge in [0.25, 0.3) is 0 Å². The maximum atomic E-state index is 12.0. The van der Waals surface area contributed by atoms with E-state index in [1.165, 1.54) is 18.2 Å². The molecule has 0 saturated carbocycles. The summed E-state index contributed by atoms with van der Waals surface area (Å²) in [5.41, 5.74) is 4.98. The molecule has 3 N–H and O–H groups in total. The van der Waals surface area contributed by atoms with Gasteiger partial charge in [-0.3, -0.25) is 14.9 Å². The molecule has 8 heteroatoms. The van der Waals surface area contributed by atoms with Gasteiger partial charge in [-0.2, -0.15) is 0 Å². The Hall–Kier alpha value is -1.86. The van der Waals surface area contributed by atoms with Crippen molar-refractivity contribution < 1.29 is 14.5 Å². The van der Waals surface area contributed by atoms with E-state index in [9.17, 15) is 14.9 Å². The Morgan fingerprint density at radius 1 is 1.52 bits per heavy atom. The van der Waals surface area contributed by atoms with E-state index in [0.29, 0.717) is 6.54 Å². The lowest BCUT2D eigenvalue weighted by Crippen LogP contribution is -2.55. The summed E-state index contributed by atoms with van der Waals surface area (Å²) in [5.74, 6) is 0.0376. The molecule has 1 aromatic carbocycles. The highest BCUT2D eigenvalue weighted by Crippen LogP contribution is 2.29. The molecule has 0 bridgehead atoms. The van der Waals surface area contributed by atoms with Gasteiger partial charge in [0, 0.05) is 17.6 Å². The number of benzene rings is 1.